The summed E-state index contributed by atoms with van der Waals surface area (Å²) in [7, 11) is 0. The van der Waals surface area contributed by atoms with E-state index in [0.29, 0.717) is 29.5 Å². The number of fused-ring (bicyclic) bond motifs is 1. The summed E-state index contributed by atoms with van der Waals surface area (Å²) in [5.41, 5.74) is 2.26. The van der Waals surface area contributed by atoms with Crippen LogP contribution in [0.1, 0.15) is 13.8 Å². The Hall–Kier alpha value is -2.74. The van der Waals surface area contributed by atoms with Crippen LogP contribution in [0.4, 0.5) is 4.39 Å². The van der Waals surface area contributed by atoms with E-state index < -0.39 is 0 Å². The van der Waals surface area contributed by atoms with Crippen molar-refractivity contribution in [3.05, 3.63) is 54.8 Å². The van der Waals surface area contributed by atoms with Gasteiger partial charge in [0.15, 0.2) is 5.65 Å². The Morgan fingerprint density at radius 1 is 1.30 bits per heavy atom. The monoisotopic (exact) mass is 385 g/mol. The van der Waals surface area contributed by atoms with E-state index >= 15 is 0 Å². The van der Waals surface area contributed by atoms with E-state index in [4.69, 9.17) is 0 Å². The third kappa shape index (κ3) is 4.33. The van der Waals surface area contributed by atoms with Crippen LogP contribution in [0.25, 0.3) is 16.7 Å². The number of benzene rings is 1. The molecule has 0 fully saturated rings. The van der Waals surface area contributed by atoms with Crippen molar-refractivity contribution in [1.29, 1.82) is 0 Å². The number of rotatable bonds is 7. The molecule has 0 radical (unpaired) electrons. The topological polar surface area (TPSA) is 63.9 Å². The van der Waals surface area contributed by atoms with Gasteiger partial charge in [0.25, 0.3) is 0 Å². The SMILES string of the molecule is C=C(C)CN(CC)C(=O)CSc1ncnc2c1cnn2-c1ccc(F)cc1. The summed E-state index contributed by atoms with van der Waals surface area (Å²) in [6, 6.07) is 6.02. The van der Waals surface area contributed by atoms with Gasteiger partial charge in [0.1, 0.15) is 17.2 Å². The molecule has 0 saturated heterocycles. The van der Waals surface area contributed by atoms with Crippen LogP contribution < -0.4 is 0 Å². The molecule has 0 unspecified atom stereocenters. The lowest BCUT2D eigenvalue weighted by Gasteiger charge is -2.20. The van der Waals surface area contributed by atoms with Gasteiger partial charge in [-0.25, -0.2) is 19.0 Å². The van der Waals surface area contributed by atoms with Crippen molar-refractivity contribution in [3.63, 3.8) is 0 Å². The van der Waals surface area contributed by atoms with E-state index in [9.17, 15) is 9.18 Å². The van der Waals surface area contributed by atoms with Crippen LogP contribution in [0.3, 0.4) is 0 Å². The molecule has 27 heavy (non-hydrogen) atoms. The maximum absolute atomic E-state index is 13.2. The number of nitrogens with zero attached hydrogens (tertiary/aromatic N) is 5. The molecule has 140 valence electrons. The zero-order valence-corrected chi connectivity index (χ0v) is 16.0. The normalized spacial score (nSPS) is 10.9. The fourth-order valence-corrected chi connectivity index (χ4v) is 3.50. The summed E-state index contributed by atoms with van der Waals surface area (Å²) >= 11 is 1.35. The second-order valence-corrected chi connectivity index (χ2v) is 7.07. The summed E-state index contributed by atoms with van der Waals surface area (Å²) in [5, 5.41) is 5.79. The Morgan fingerprint density at radius 3 is 2.70 bits per heavy atom. The Balaban J connectivity index is 1.81. The van der Waals surface area contributed by atoms with Crippen LogP contribution in [0, 0.1) is 5.82 Å². The third-order valence-electron chi connectivity index (χ3n) is 3.93. The molecule has 2 aromatic heterocycles. The molecule has 3 rings (SSSR count). The number of aromatic nitrogens is 4. The fourth-order valence-electron chi connectivity index (χ4n) is 2.63. The van der Waals surface area contributed by atoms with Crippen LogP contribution in [-0.4, -0.2) is 49.4 Å². The molecule has 8 heteroatoms. The van der Waals surface area contributed by atoms with Gasteiger partial charge in [-0.05, 0) is 38.1 Å². The number of hydrogen-bond acceptors (Lipinski definition) is 5. The fraction of sp³-hybridized carbons (Fsp3) is 0.263. The highest BCUT2D eigenvalue weighted by Gasteiger charge is 2.16. The molecule has 0 aliphatic carbocycles. The highest BCUT2D eigenvalue weighted by atomic mass is 32.2. The van der Waals surface area contributed by atoms with E-state index in [1.54, 1.807) is 27.9 Å². The number of carbonyl (C=O) groups is 1. The molecule has 0 spiro atoms. The van der Waals surface area contributed by atoms with E-state index in [0.717, 1.165) is 11.0 Å². The molecule has 1 aromatic carbocycles. The summed E-state index contributed by atoms with van der Waals surface area (Å²) in [4.78, 5) is 22.8. The maximum atomic E-state index is 13.2. The van der Waals surface area contributed by atoms with Gasteiger partial charge < -0.3 is 4.90 Å². The lowest BCUT2D eigenvalue weighted by molar-refractivity contribution is -0.127. The van der Waals surface area contributed by atoms with Gasteiger partial charge in [-0.15, -0.1) is 0 Å². The van der Waals surface area contributed by atoms with E-state index in [1.807, 2.05) is 13.8 Å². The van der Waals surface area contributed by atoms with Crippen molar-refractivity contribution in [2.75, 3.05) is 18.8 Å². The minimum atomic E-state index is -0.310. The molecule has 0 N–H and O–H groups in total. The number of halogens is 1. The number of hydrogen-bond donors (Lipinski definition) is 0. The zero-order valence-electron chi connectivity index (χ0n) is 15.2. The molecule has 2 heterocycles. The van der Waals surface area contributed by atoms with Crippen LogP contribution in [0.5, 0.6) is 0 Å². The Bertz CT molecular complexity index is 970. The molecular weight excluding hydrogens is 365 g/mol. The second-order valence-electron chi connectivity index (χ2n) is 6.10. The van der Waals surface area contributed by atoms with Gasteiger partial charge in [-0.2, -0.15) is 5.10 Å². The summed E-state index contributed by atoms with van der Waals surface area (Å²) in [5.74, 6) is -0.00683. The van der Waals surface area contributed by atoms with Gasteiger partial charge >= 0.3 is 0 Å². The Labute approximate surface area is 161 Å². The molecule has 0 atom stereocenters. The highest BCUT2D eigenvalue weighted by Crippen LogP contribution is 2.26. The van der Waals surface area contributed by atoms with E-state index in [2.05, 4.69) is 21.6 Å². The Kier molecular flexibility index (Phi) is 5.85. The van der Waals surface area contributed by atoms with Gasteiger partial charge in [-0.1, -0.05) is 23.9 Å². The minimum absolute atomic E-state index is 0.0307. The van der Waals surface area contributed by atoms with Crippen LogP contribution in [-0.2, 0) is 4.79 Å². The van der Waals surface area contributed by atoms with Crippen molar-refractivity contribution >= 4 is 28.7 Å². The summed E-state index contributed by atoms with van der Waals surface area (Å²) in [6.45, 7) is 8.90. The third-order valence-corrected chi connectivity index (χ3v) is 4.92. The van der Waals surface area contributed by atoms with Crippen molar-refractivity contribution < 1.29 is 9.18 Å². The number of likely N-dealkylation sites (N-methyl/N-ethyl adjacent to an activating group) is 1. The zero-order chi connectivity index (χ0) is 19.4. The number of amides is 1. The predicted octanol–water partition coefficient (Wildman–Crippen LogP) is 3.47. The number of carbonyl (C=O) groups excluding carboxylic acids is 1. The largest absolute Gasteiger partial charge is 0.338 e. The molecule has 1 amide bonds. The molecule has 3 aromatic rings. The van der Waals surface area contributed by atoms with E-state index in [-0.39, 0.29) is 17.5 Å². The second kappa shape index (κ2) is 8.30. The van der Waals surface area contributed by atoms with Gasteiger partial charge in [0.05, 0.1) is 23.0 Å². The molecule has 6 nitrogen and oxygen atoms in total. The number of thioether (sulfide) groups is 1. The smallest absolute Gasteiger partial charge is 0.233 e. The summed E-state index contributed by atoms with van der Waals surface area (Å²) in [6.07, 6.45) is 3.11. The highest BCUT2D eigenvalue weighted by molar-refractivity contribution is 8.00. The molecule has 0 bridgehead atoms. The molecule has 0 aliphatic heterocycles. The molecule has 0 saturated carbocycles. The minimum Gasteiger partial charge on any atom is -0.338 e. The van der Waals surface area contributed by atoms with Crippen molar-refractivity contribution in [2.24, 2.45) is 0 Å². The molecule has 0 aliphatic rings. The quantitative estimate of drug-likeness (QED) is 0.354. The van der Waals surface area contributed by atoms with Crippen LogP contribution in [0.2, 0.25) is 0 Å². The summed E-state index contributed by atoms with van der Waals surface area (Å²) < 4.78 is 14.8. The van der Waals surface area contributed by atoms with Crippen LogP contribution >= 0.6 is 11.8 Å². The van der Waals surface area contributed by atoms with E-state index in [1.165, 1.54) is 30.2 Å². The van der Waals surface area contributed by atoms with Gasteiger partial charge in [0.2, 0.25) is 5.91 Å². The van der Waals surface area contributed by atoms with Crippen molar-refractivity contribution in [2.45, 2.75) is 18.9 Å². The first-order valence-corrected chi connectivity index (χ1v) is 9.47. The van der Waals surface area contributed by atoms with Crippen LogP contribution in [0.15, 0.2) is 54.0 Å². The van der Waals surface area contributed by atoms with Gasteiger partial charge in [0, 0.05) is 13.1 Å². The van der Waals surface area contributed by atoms with Gasteiger partial charge in [-0.3, -0.25) is 4.79 Å². The Morgan fingerprint density at radius 2 is 2.04 bits per heavy atom. The first-order valence-electron chi connectivity index (χ1n) is 8.49. The predicted molar refractivity (Wildman–Crippen MR) is 104 cm³/mol. The lowest BCUT2D eigenvalue weighted by Crippen LogP contribution is -2.33. The maximum Gasteiger partial charge on any atom is 0.233 e. The standard InChI is InChI=1S/C19H20FN5OS/c1-4-24(10-13(2)3)17(26)11-27-19-16-9-23-25(18(16)21-12-22-19)15-7-5-14(20)6-8-15/h5-9,12H,2,4,10-11H2,1,3H3. The molecular formula is C19H20FN5OS. The van der Waals surface area contributed by atoms with Crippen molar-refractivity contribution in [3.8, 4) is 5.69 Å². The first kappa shape index (κ1) is 19.0. The average Bonchev–Trinajstić information content (AvgIpc) is 3.09. The average molecular weight is 385 g/mol. The lowest BCUT2D eigenvalue weighted by atomic mass is 10.3. The van der Waals surface area contributed by atoms with Crippen molar-refractivity contribution in [1.82, 2.24) is 24.6 Å². The first-order chi connectivity index (χ1) is 13.0.